The van der Waals surface area contributed by atoms with Gasteiger partial charge in [0.25, 0.3) is 0 Å². The van der Waals surface area contributed by atoms with Crippen molar-refractivity contribution in [1.29, 1.82) is 0 Å². The zero-order valence-corrected chi connectivity index (χ0v) is 16.0. The van der Waals surface area contributed by atoms with E-state index < -0.39 is 0 Å². The van der Waals surface area contributed by atoms with Gasteiger partial charge in [-0.3, -0.25) is 0 Å². The van der Waals surface area contributed by atoms with E-state index in [9.17, 15) is 0 Å². The highest BCUT2D eigenvalue weighted by Gasteiger charge is 2.09. The Bertz CT molecular complexity index is 1270. The Morgan fingerprint density at radius 3 is 2.24 bits per heavy atom. The van der Waals surface area contributed by atoms with E-state index in [1.54, 1.807) is 0 Å². The van der Waals surface area contributed by atoms with E-state index in [1.807, 2.05) is 18.2 Å². The van der Waals surface area contributed by atoms with Crippen molar-refractivity contribution in [2.24, 2.45) is 0 Å². The van der Waals surface area contributed by atoms with Gasteiger partial charge in [0.1, 0.15) is 11.6 Å². The predicted octanol–water partition coefficient (Wildman–Crippen LogP) is 5.99. The topological polar surface area (TPSA) is 37.8 Å². The molecule has 0 aliphatic rings. The summed E-state index contributed by atoms with van der Waals surface area (Å²) >= 11 is 0. The van der Waals surface area contributed by atoms with Crippen molar-refractivity contribution in [1.82, 2.24) is 9.97 Å². The molecule has 1 N–H and O–H groups in total. The van der Waals surface area contributed by atoms with Gasteiger partial charge in [-0.05, 0) is 34.0 Å². The molecule has 0 saturated heterocycles. The van der Waals surface area contributed by atoms with Crippen LogP contribution in [0, 0.1) is 0 Å². The van der Waals surface area contributed by atoms with E-state index in [0.29, 0.717) is 13.0 Å². The largest absolute Gasteiger partial charge is 0.365 e. The second-order valence-electron chi connectivity index (χ2n) is 7.16. The summed E-state index contributed by atoms with van der Waals surface area (Å²) in [5, 5.41) is 7.14. The lowest BCUT2D eigenvalue weighted by Gasteiger charge is -2.12. The molecule has 1 aromatic heterocycles. The molecule has 140 valence electrons. The van der Waals surface area contributed by atoms with Crippen molar-refractivity contribution in [3.05, 3.63) is 114 Å². The van der Waals surface area contributed by atoms with Gasteiger partial charge in [-0.1, -0.05) is 84.9 Å². The van der Waals surface area contributed by atoms with Gasteiger partial charge in [-0.15, -0.1) is 0 Å². The van der Waals surface area contributed by atoms with Crippen LogP contribution in [0.4, 0.5) is 5.82 Å². The van der Waals surface area contributed by atoms with E-state index in [2.05, 4.69) is 84.2 Å². The molecule has 5 rings (SSSR count). The van der Waals surface area contributed by atoms with Crippen LogP contribution in [-0.4, -0.2) is 9.97 Å². The van der Waals surface area contributed by atoms with Gasteiger partial charge < -0.3 is 5.32 Å². The van der Waals surface area contributed by atoms with Crippen molar-refractivity contribution in [2.75, 3.05) is 5.32 Å². The fraction of sp³-hybridized carbons (Fsp3) is 0.0769. The minimum Gasteiger partial charge on any atom is -0.365 e. The van der Waals surface area contributed by atoms with E-state index in [0.717, 1.165) is 22.5 Å². The molecule has 0 spiro atoms. The van der Waals surface area contributed by atoms with Crippen LogP contribution in [0.2, 0.25) is 0 Å². The van der Waals surface area contributed by atoms with Crippen molar-refractivity contribution in [3.8, 4) is 0 Å². The summed E-state index contributed by atoms with van der Waals surface area (Å²) in [6.07, 6.45) is 0.717. The van der Waals surface area contributed by atoms with Crippen LogP contribution in [0.15, 0.2) is 97.1 Å². The van der Waals surface area contributed by atoms with Crippen molar-refractivity contribution in [2.45, 2.75) is 13.0 Å². The highest BCUT2D eigenvalue weighted by Crippen LogP contribution is 2.24. The second-order valence-corrected chi connectivity index (χ2v) is 7.16. The van der Waals surface area contributed by atoms with Crippen molar-refractivity contribution in [3.63, 3.8) is 0 Å². The molecule has 3 heteroatoms. The van der Waals surface area contributed by atoms with Crippen LogP contribution < -0.4 is 5.32 Å². The van der Waals surface area contributed by atoms with Gasteiger partial charge >= 0.3 is 0 Å². The van der Waals surface area contributed by atoms with Gasteiger partial charge in [0.05, 0.1) is 5.52 Å². The zero-order chi connectivity index (χ0) is 19.5. The SMILES string of the molecule is c1ccc(Cc2nc(NCc3cccc4ccccc34)c3ccccc3n2)cc1. The summed E-state index contributed by atoms with van der Waals surface area (Å²) in [5.74, 6) is 1.71. The number of benzene rings is 4. The normalized spacial score (nSPS) is 11.0. The summed E-state index contributed by atoms with van der Waals surface area (Å²) in [6.45, 7) is 0.715. The molecule has 0 unspecified atom stereocenters. The Morgan fingerprint density at radius 1 is 0.621 bits per heavy atom. The Morgan fingerprint density at radius 2 is 1.34 bits per heavy atom. The molecule has 4 aromatic carbocycles. The summed E-state index contributed by atoms with van der Waals surface area (Å²) in [7, 11) is 0. The number of anilines is 1. The molecule has 0 aliphatic carbocycles. The molecule has 0 fully saturated rings. The Balaban J connectivity index is 1.50. The van der Waals surface area contributed by atoms with Crippen LogP contribution in [0.25, 0.3) is 21.7 Å². The Hall–Kier alpha value is -3.72. The number of nitrogens with zero attached hydrogens (tertiary/aromatic N) is 2. The first kappa shape index (κ1) is 17.4. The van der Waals surface area contributed by atoms with Gasteiger partial charge in [-0.2, -0.15) is 0 Å². The van der Waals surface area contributed by atoms with Crippen LogP contribution in [0.1, 0.15) is 17.0 Å². The van der Waals surface area contributed by atoms with Gasteiger partial charge in [0.2, 0.25) is 0 Å². The molecule has 0 bridgehead atoms. The molecule has 0 radical (unpaired) electrons. The maximum Gasteiger partial charge on any atom is 0.137 e. The van der Waals surface area contributed by atoms with E-state index in [4.69, 9.17) is 9.97 Å². The number of fused-ring (bicyclic) bond motifs is 2. The monoisotopic (exact) mass is 375 g/mol. The number of hydrogen-bond donors (Lipinski definition) is 1. The Kier molecular flexibility index (Phi) is 4.63. The molecular formula is C26H21N3. The van der Waals surface area contributed by atoms with Gasteiger partial charge in [0, 0.05) is 18.4 Å². The van der Waals surface area contributed by atoms with E-state index >= 15 is 0 Å². The lowest BCUT2D eigenvalue weighted by molar-refractivity contribution is 0.982. The zero-order valence-electron chi connectivity index (χ0n) is 16.0. The maximum atomic E-state index is 4.87. The highest BCUT2D eigenvalue weighted by atomic mass is 15.0. The maximum absolute atomic E-state index is 4.87. The third-order valence-electron chi connectivity index (χ3n) is 5.18. The molecule has 29 heavy (non-hydrogen) atoms. The smallest absolute Gasteiger partial charge is 0.137 e. The molecular weight excluding hydrogens is 354 g/mol. The molecule has 0 aliphatic heterocycles. The fourth-order valence-corrected chi connectivity index (χ4v) is 3.74. The van der Waals surface area contributed by atoms with E-state index in [-0.39, 0.29) is 0 Å². The highest BCUT2D eigenvalue weighted by molar-refractivity contribution is 5.90. The fourth-order valence-electron chi connectivity index (χ4n) is 3.74. The second kappa shape index (κ2) is 7.72. The van der Waals surface area contributed by atoms with Crippen LogP contribution in [-0.2, 0) is 13.0 Å². The number of aromatic nitrogens is 2. The number of para-hydroxylation sites is 1. The third-order valence-corrected chi connectivity index (χ3v) is 5.18. The molecule has 0 amide bonds. The summed E-state index contributed by atoms with van der Waals surface area (Å²) < 4.78 is 0. The molecule has 0 saturated carbocycles. The first-order valence-corrected chi connectivity index (χ1v) is 9.87. The average Bonchev–Trinajstić information content (AvgIpc) is 2.78. The van der Waals surface area contributed by atoms with Crippen LogP contribution >= 0.6 is 0 Å². The lowest BCUT2D eigenvalue weighted by atomic mass is 10.0. The Labute approximate surface area is 170 Å². The van der Waals surface area contributed by atoms with Crippen molar-refractivity contribution < 1.29 is 0 Å². The summed E-state index contributed by atoms with van der Waals surface area (Å²) in [5.41, 5.74) is 3.44. The molecule has 5 aromatic rings. The third kappa shape index (κ3) is 3.67. The number of hydrogen-bond acceptors (Lipinski definition) is 3. The number of nitrogens with one attached hydrogen (secondary N) is 1. The lowest BCUT2D eigenvalue weighted by Crippen LogP contribution is -2.06. The summed E-state index contributed by atoms with van der Waals surface area (Å²) in [6, 6.07) is 33.5. The summed E-state index contributed by atoms with van der Waals surface area (Å²) in [4.78, 5) is 9.65. The molecule has 0 atom stereocenters. The molecule has 1 heterocycles. The minimum atomic E-state index is 0.715. The number of rotatable bonds is 5. The van der Waals surface area contributed by atoms with Crippen LogP contribution in [0.3, 0.4) is 0 Å². The van der Waals surface area contributed by atoms with Gasteiger partial charge in [-0.25, -0.2) is 9.97 Å². The van der Waals surface area contributed by atoms with Crippen LogP contribution in [0.5, 0.6) is 0 Å². The van der Waals surface area contributed by atoms with Crippen molar-refractivity contribution >= 4 is 27.5 Å². The first-order valence-electron chi connectivity index (χ1n) is 9.87. The standard InChI is InChI=1S/C26H21N3/c1-2-9-19(10-3-1)17-25-28-24-16-7-6-15-23(24)26(29-25)27-18-21-13-8-12-20-11-4-5-14-22(20)21/h1-16H,17-18H2,(H,27,28,29). The average molecular weight is 375 g/mol. The first-order chi connectivity index (χ1) is 14.4. The van der Waals surface area contributed by atoms with E-state index in [1.165, 1.54) is 21.9 Å². The predicted molar refractivity (Wildman–Crippen MR) is 120 cm³/mol. The quantitative estimate of drug-likeness (QED) is 0.410. The minimum absolute atomic E-state index is 0.715. The molecule has 3 nitrogen and oxygen atoms in total. The van der Waals surface area contributed by atoms with Gasteiger partial charge in [0.15, 0.2) is 0 Å².